The van der Waals surface area contributed by atoms with Crippen LogP contribution in [0.25, 0.3) is 0 Å². The summed E-state index contributed by atoms with van der Waals surface area (Å²) in [6.45, 7) is 6.50. The molecule has 0 radical (unpaired) electrons. The van der Waals surface area contributed by atoms with E-state index in [0.717, 1.165) is 0 Å². The molecule has 0 aromatic rings. The summed E-state index contributed by atoms with van der Waals surface area (Å²) >= 11 is 0. The Kier molecular flexibility index (Phi) is 4.29. The molecular weight excluding hydrogens is 208 g/mol. The Labute approximate surface area is 96.1 Å². The summed E-state index contributed by atoms with van der Waals surface area (Å²) in [6.07, 6.45) is 0. The zero-order valence-corrected chi connectivity index (χ0v) is 10.3. The fourth-order valence-corrected chi connectivity index (χ4v) is 1.99. The Hall–Kier alpha value is -1.10. The van der Waals surface area contributed by atoms with Crippen molar-refractivity contribution in [2.75, 3.05) is 20.3 Å². The minimum absolute atomic E-state index is 0.0321. The summed E-state index contributed by atoms with van der Waals surface area (Å²) in [6, 6.07) is -0.807. The van der Waals surface area contributed by atoms with Crippen molar-refractivity contribution in [2.24, 2.45) is 5.92 Å². The number of hydrogen-bond donors (Lipinski definition) is 1. The van der Waals surface area contributed by atoms with E-state index in [1.807, 2.05) is 13.8 Å². The third-order valence-electron chi connectivity index (χ3n) is 2.78. The molecule has 2 atom stereocenters. The largest absolute Gasteiger partial charge is 0.383 e. The number of nitrogens with zero attached hydrogens (tertiary/aromatic N) is 1. The second kappa shape index (κ2) is 5.30. The zero-order valence-electron chi connectivity index (χ0n) is 10.3. The topological polar surface area (TPSA) is 58.6 Å². The average molecular weight is 228 g/mol. The number of rotatable bonds is 4. The summed E-state index contributed by atoms with van der Waals surface area (Å²) in [5.74, 6) is 0.00172. The van der Waals surface area contributed by atoms with Gasteiger partial charge < -0.3 is 15.0 Å². The molecule has 0 saturated carbocycles. The van der Waals surface area contributed by atoms with E-state index in [0.29, 0.717) is 13.2 Å². The van der Waals surface area contributed by atoms with Gasteiger partial charge in [0, 0.05) is 13.7 Å². The molecule has 2 unspecified atom stereocenters. The molecular formula is C11H20N2O3. The summed E-state index contributed by atoms with van der Waals surface area (Å²) in [7, 11) is 1.59. The standard InChI is InChI=1S/C11H20N2O3/c1-7(2)9-10(14)12-8(3)11(15)13(9)5-6-16-4/h7-9H,5-6H2,1-4H3,(H,12,14). The second-order valence-corrected chi connectivity index (χ2v) is 4.44. The molecule has 0 aromatic heterocycles. The summed E-state index contributed by atoms with van der Waals surface area (Å²) < 4.78 is 4.97. The molecule has 5 heteroatoms. The van der Waals surface area contributed by atoms with E-state index in [-0.39, 0.29) is 23.8 Å². The van der Waals surface area contributed by atoms with Gasteiger partial charge in [-0.3, -0.25) is 9.59 Å². The van der Waals surface area contributed by atoms with Gasteiger partial charge >= 0.3 is 0 Å². The van der Waals surface area contributed by atoms with Crippen LogP contribution in [0, 0.1) is 5.92 Å². The van der Waals surface area contributed by atoms with E-state index in [1.54, 1.807) is 18.9 Å². The fraction of sp³-hybridized carbons (Fsp3) is 0.818. The maximum absolute atomic E-state index is 11.9. The molecule has 0 spiro atoms. The Morgan fingerprint density at radius 3 is 2.56 bits per heavy atom. The van der Waals surface area contributed by atoms with Crippen molar-refractivity contribution in [1.82, 2.24) is 10.2 Å². The molecule has 1 saturated heterocycles. The van der Waals surface area contributed by atoms with Crippen LogP contribution in [0.5, 0.6) is 0 Å². The van der Waals surface area contributed by atoms with E-state index < -0.39 is 6.04 Å². The second-order valence-electron chi connectivity index (χ2n) is 4.44. The lowest BCUT2D eigenvalue weighted by Crippen LogP contribution is -2.64. The maximum Gasteiger partial charge on any atom is 0.245 e. The number of nitrogens with one attached hydrogen (secondary N) is 1. The van der Waals surface area contributed by atoms with Gasteiger partial charge in [-0.1, -0.05) is 13.8 Å². The van der Waals surface area contributed by atoms with Crippen molar-refractivity contribution >= 4 is 11.8 Å². The number of methoxy groups -OCH3 is 1. The van der Waals surface area contributed by atoms with Gasteiger partial charge in [0.2, 0.25) is 11.8 Å². The molecule has 1 heterocycles. The van der Waals surface area contributed by atoms with Crippen molar-refractivity contribution in [3.05, 3.63) is 0 Å². The smallest absolute Gasteiger partial charge is 0.245 e. The molecule has 2 amide bonds. The molecule has 92 valence electrons. The van der Waals surface area contributed by atoms with E-state index >= 15 is 0 Å². The molecule has 1 N–H and O–H groups in total. The predicted octanol–water partition coefficient (Wildman–Crippen LogP) is 0.00430. The lowest BCUT2D eigenvalue weighted by molar-refractivity contribution is -0.151. The van der Waals surface area contributed by atoms with E-state index in [2.05, 4.69) is 5.32 Å². The number of amides is 2. The highest BCUT2D eigenvalue weighted by atomic mass is 16.5. The average Bonchev–Trinajstić information content (AvgIpc) is 2.20. The third-order valence-corrected chi connectivity index (χ3v) is 2.78. The SMILES string of the molecule is COCCN1C(=O)C(C)NC(=O)C1C(C)C. The summed E-state index contributed by atoms with van der Waals surface area (Å²) in [4.78, 5) is 25.4. The Balaban J connectivity index is 2.84. The highest BCUT2D eigenvalue weighted by Crippen LogP contribution is 2.16. The van der Waals surface area contributed by atoms with Crippen LogP contribution in [0.3, 0.4) is 0 Å². The molecule has 1 aliphatic rings. The number of hydrogen-bond acceptors (Lipinski definition) is 3. The van der Waals surface area contributed by atoms with Crippen LogP contribution in [0.4, 0.5) is 0 Å². The molecule has 0 bridgehead atoms. The van der Waals surface area contributed by atoms with Crippen LogP contribution in [0.2, 0.25) is 0 Å². The van der Waals surface area contributed by atoms with Crippen molar-refractivity contribution in [2.45, 2.75) is 32.9 Å². The van der Waals surface area contributed by atoms with Crippen LogP contribution < -0.4 is 5.32 Å². The molecule has 1 rings (SSSR count). The van der Waals surface area contributed by atoms with E-state index in [9.17, 15) is 9.59 Å². The van der Waals surface area contributed by atoms with Gasteiger partial charge in [0.25, 0.3) is 0 Å². The van der Waals surface area contributed by atoms with Crippen LogP contribution >= 0.6 is 0 Å². The Morgan fingerprint density at radius 1 is 1.44 bits per heavy atom. The molecule has 0 aliphatic carbocycles. The summed E-state index contributed by atoms with van der Waals surface area (Å²) in [5.41, 5.74) is 0. The first-order chi connectivity index (χ1) is 7.49. The first kappa shape index (κ1) is 13.0. The van der Waals surface area contributed by atoms with Gasteiger partial charge in [-0.15, -0.1) is 0 Å². The third kappa shape index (κ3) is 2.52. The van der Waals surface area contributed by atoms with Gasteiger partial charge in [0.05, 0.1) is 6.61 Å². The van der Waals surface area contributed by atoms with Crippen LogP contribution in [0.15, 0.2) is 0 Å². The van der Waals surface area contributed by atoms with Gasteiger partial charge in [0.1, 0.15) is 12.1 Å². The normalized spacial score (nSPS) is 26.2. The Bertz CT molecular complexity index is 278. The summed E-state index contributed by atoms with van der Waals surface area (Å²) in [5, 5.41) is 2.70. The fourth-order valence-electron chi connectivity index (χ4n) is 1.99. The molecule has 1 fully saturated rings. The number of carbonyl (C=O) groups excluding carboxylic acids is 2. The van der Waals surface area contributed by atoms with Crippen LogP contribution in [-0.4, -0.2) is 49.1 Å². The van der Waals surface area contributed by atoms with E-state index in [4.69, 9.17) is 4.74 Å². The van der Waals surface area contributed by atoms with Crippen LogP contribution in [0.1, 0.15) is 20.8 Å². The molecule has 16 heavy (non-hydrogen) atoms. The van der Waals surface area contributed by atoms with Gasteiger partial charge in [-0.25, -0.2) is 0 Å². The van der Waals surface area contributed by atoms with Crippen molar-refractivity contribution in [1.29, 1.82) is 0 Å². The van der Waals surface area contributed by atoms with Crippen LogP contribution in [-0.2, 0) is 14.3 Å². The lowest BCUT2D eigenvalue weighted by Gasteiger charge is -2.39. The number of ether oxygens (including phenoxy) is 1. The van der Waals surface area contributed by atoms with Crippen molar-refractivity contribution < 1.29 is 14.3 Å². The molecule has 1 aliphatic heterocycles. The number of piperazine rings is 1. The number of carbonyl (C=O) groups is 2. The highest BCUT2D eigenvalue weighted by molar-refractivity contribution is 5.96. The minimum Gasteiger partial charge on any atom is -0.383 e. The van der Waals surface area contributed by atoms with Gasteiger partial charge in [0.15, 0.2) is 0 Å². The highest BCUT2D eigenvalue weighted by Gasteiger charge is 2.39. The van der Waals surface area contributed by atoms with E-state index in [1.165, 1.54) is 0 Å². The van der Waals surface area contributed by atoms with Gasteiger partial charge in [-0.2, -0.15) is 0 Å². The molecule has 0 aromatic carbocycles. The predicted molar refractivity (Wildman–Crippen MR) is 59.8 cm³/mol. The maximum atomic E-state index is 11.9. The monoisotopic (exact) mass is 228 g/mol. The quantitative estimate of drug-likeness (QED) is 0.737. The van der Waals surface area contributed by atoms with Crippen molar-refractivity contribution in [3.8, 4) is 0 Å². The minimum atomic E-state index is -0.431. The lowest BCUT2D eigenvalue weighted by atomic mass is 9.97. The first-order valence-electron chi connectivity index (χ1n) is 5.58. The van der Waals surface area contributed by atoms with Crippen molar-refractivity contribution in [3.63, 3.8) is 0 Å². The Morgan fingerprint density at radius 2 is 2.06 bits per heavy atom. The first-order valence-corrected chi connectivity index (χ1v) is 5.58. The molecule has 5 nitrogen and oxygen atoms in total. The zero-order chi connectivity index (χ0) is 12.3. The van der Waals surface area contributed by atoms with Gasteiger partial charge in [-0.05, 0) is 12.8 Å².